The first kappa shape index (κ1) is 31.0. The van der Waals surface area contributed by atoms with Crippen LogP contribution in [0.25, 0.3) is 0 Å². The molecular formula is C31H35N3O7S. The smallest absolute Gasteiger partial charge is 0.334 e. The zero-order valence-corrected chi connectivity index (χ0v) is 24.5. The van der Waals surface area contributed by atoms with Crippen molar-refractivity contribution in [3.05, 3.63) is 82.8 Å². The van der Waals surface area contributed by atoms with Gasteiger partial charge in [-0.2, -0.15) is 0 Å². The van der Waals surface area contributed by atoms with Crippen LogP contribution in [-0.4, -0.2) is 64.0 Å². The summed E-state index contributed by atoms with van der Waals surface area (Å²) < 4.78 is 11.2. The molecule has 1 fully saturated rings. The molecule has 4 rings (SSSR count). The number of thioether (sulfide) groups is 1. The minimum atomic E-state index is -1.24. The van der Waals surface area contributed by atoms with Crippen LogP contribution in [0.15, 0.2) is 71.6 Å². The first-order valence-electron chi connectivity index (χ1n) is 13.7. The lowest BCUT2D eigenvalue weighted by Gasteiger charge is -2.51. The van der Waals surface area contributed by atoms with E-state index in [0.29, 0.717) is 12.7 Å². The largest absolute Gasteiger partial charge is 0.459 e. The van der Waals surface area contributed by atoms with E-state index >= 15 is 0 Å². The molecule has 0 spiro atoms. The summed E-state index contributed by atoms with van der Waals surface area (Å²) in [6.45, 7) is 5.24. The summed E-state index contributed by atoms with van der Waals surface area (Å²) in [6, 6.07) is 15.4. The van der Waals surface area contributed by atoms with Crippen LogP contribution in [0.2, 0.25) is 0 Å². The summed E-state index contributed by atoms with van der Waals surface area (Å²) >= 11 is 1.18. The Morgan fingerprint density at radius 3 is 2.19 bits per heavy atom. The summed E-state index contributed by atoms with van der Waals surface area (Å²) in [5.41, 5.74) is 6.81. The number of amides is 2. The van der Waals surface area contributed by atoms with Gasteiger partial charge < -0.3 is 25.4 Å². The molecule has 10 nitrogen and oxygen atoms in total. The number of nitrogens with zero attached hydrogens (tertiary/aromatic N) is 1. The Balaban J connectivity index is 1.39. The quantitative estimate of drug-likeness (QED) is 0.228. The van der Waals surface area contributed by atoms with Crippen molar-refractivity contribution in [3.8, 4) is 0 Å². The maximum absolute atomic E-state index is 13.6. The number of β-lactam (4-membered cyclic amide) rings is 1. The number of carbonyl (C=O) groups is 5. The molecule has 2 heterocycles. The molecule has 3 N–H and O–H groups in total. The molecule has 2 aliphatic rings. The first-order valence-corrected chi connectivity index (χ1v) is 14.7. The number of nitrogens with two attached hydrogens (primary N) is 1. The number of benzene rings is 2. The van der Waals surface area contributed by atoms with Crippen molar-refractivity contribution in [3.63, 3.8) is 0 Å². The minimum Gasteiger partial charge on any atom is -0.459 e. The van der Waals surface area contributed by atoms with Crippen LogP contribution in [0.1, 0.15) is 57.3 Å². The molecule has 2 aromatic carbocycles. The highest BCUT2D eigenvalue weighted by atomic mass is 32.2. The standard InChI is InChI=1S/C31H35N3O7S/c1-31(2,3)41-29(38)22(32)15-10-16-23(36)33-24-27(37)34-25(21(17-35)18-42-28(24)34)30(39)40-26(19-11-6-4-7-12-19)20-13-8-5-9-14-20/h4-9,11-14,17-18,22,24-26,28H,10,15-16,32H2,1-3H3,(H,33,36)/t22?,24?,25?,28-/m1/s1. The van der Waals surface area contributed by atoms with Crippen molar-refractivity contribution >= 4 is 41.8 Å². The number of hydrogen-bond acceptors (Lipinski definition) is 9. The van der Waals surface area contributed by atoms with Crippen molar-refractivity contribution in [1.82, 2.24) is 10.2 Å². The van der Waals surface area contributed by atoms with Gasteiger partial charge in [-0.1, -0.05) is 60.7 Å². The van der Waals surface area contributed by atoms with Crippen LogP contribution in [0.4, 0.5) is 0 Å². The fourth-order valence-electron chi connectivity index (χ4n) is 4.74. The van der Waals surface area contributed by atoms with Crippen molar-refractivity contribution in [2.24, 2.45) is 5.73 Å². The van der Waals surface area contributed by atoms with Crippen LogP contribution < -0.4 is 11.1 Å². The lowest BCUT2D eigenvalue weighted by molar-refractivity contribution is -0.165. The maximum atomic E-state index is 13.6. The van der Waals surface area contributed by atoms with Crippen LogP contribution >= 0.6 is 11.8 Å². The van der Waals surface area contributed by atoms with Crippen LogP contribution in [0.3, 0.4) is 0 Å². The molecule has 1 saturated heterocycles. The second kappa shape index (κ2) is 13.3. The summed E-state index contributed by atoms with van der Waals surface area (Å²) in [5.74, 6) is -2.16. The Labute approximate surface area is 249 Å². The fourth-order valence-corrected chi connectivity index (χ4v) is 5.92. The van der Waals surface area contributed by atoms with E-state index in [2.05, 4.69) is 5.32 Å². The van der Waals surface area contributed by atoms with Gasteiger partial charge in [0.2, 0.25) is 11.8 Å². The van der Waals surface area contributed by atoms with Gasteiger partial charge in [0.25, 0.3) is 0 Å². The van der Waals surface area contributed by atoms with Gasteiger partial charge in [0.05, 0.1) is 0 Å². The molecular weight excluding hydrogens is 558 g/mol. The molecule has 2 aromatic rings. The highest BCUT2D eigenvalue weighted by Gasteiger charge is 2.56. The Morgan fingerprint density at radius 2 is 1.64 bits per heavy atom. The van der Waals surface area contributed by atoms with Gasteiger partial charge in [0.1, 0.15) is 29.3 Å². The second-order valence-electron chi connectivity index (χ2n) is 11.1. The highest BCUT2D eigenvalue weighted by molar-refractivity contribution is 8.03. The Morgan fingerprint density at radius 1 is 1.05 bits per heavy atom. The monoisotopic (exact) mass is 593 g/mol. The molecule has 2 amide bonds. The summed E-state index contributed by atoms with van der Waals surface area (Å²) in [5, 5.41) is 3.66. The summed E-state index contributed by atoms with van der Waals surface area (Å²) in [7, 11) is 0. The topological polar surface area (TPSA) is 145 Å². The van der Waals surface area contributed by atoms with Gasteiger partial charge >= 0.3 is 11.9 Å². The SMILES string of the molecule is CC(C)(C)OC(=O)C(N)CCCC(=O)NC1C(=O)N2C(C(=O)OC(c3ccccc3)c3ccccc3)C(C=O)=CS[C@H]12. The van der Waals surface area contributed by atoms with Crippen LogP contribution in [0, 0.1) is 0 Å². The van der Waals surface area contributed by atoms with E-state index in [4.69, 9.17) is 15.2 Å². The molecule has 0 radical (unpaired) electrons. The third-order valence-electron chi connectivity index (χ3n) is 6.76. The molecule has 11 heteroatoms. The van der Waals surface area contributed by atoms with Gasteiger partial charge in [-0.3, -0.25) is 19.2 Å². The fraction of sp³-hybridized carbons (Fsp3) is 0.387. The molecule has 2 aliphatic heterocycles. The van der Waals surface area contributed by atoms with E-state index in [9.17, 15) is 24.0 Å². The van der Waals surface area contributed by atoms with Crippen LogP contribution in [0.5, 0.6) is 0 Å². The zero-order chi connectivity index (χ0) is 30.4. The average molecular weight is 594 g/mol. The van der Waals surface area contributed by atoms with E-state index in [1.807, 2.05) is 60.7 Å². The molecule has 222 valence electrons. The van der Waals surface area contributed by atoms with Gasteiger partial charge in [-0.05, 0) is 50.1 Å². The number of nitrogens with one attached hydrogen (secondary N) is 1. The lowest BCUT2D eigenvalue weighted by Crippen LogP contribution is -2.74. The molecule has 3 unspecified atom stereocenters. The van der Waals surface area contributed by atoms with E-state index in [1.54, 1.807) is 20.8 Å². The summed E-state index contributed by atoms with van der Waals surface area (Å²) in [4.78, 5) is 64.7. The lowest BCUT2D eigenvalue weighted by atomic mass is 9.97. The number of ether oxygens (including phenoxy) is 2. The van der Waals surface area contributed by atoms with E-state index < -0.39 is 53.1 Å². The third kappa shape index (κ3) is 7.27. The number of carbonyl (C=O) groups excluding carboxylic acids is 5. The third-order valence-corrected chi connectivity index (χ3v) is 7.95. The number of rotatable bonds is 11. The predicted molar refractivity (Wildman–Crippen MR) is 157 cm³/mol. The number of hydrogen-bond donors (Lipinski definition) is 2. The van der Waals surface area contributed by atoms with Crippen molar-refractivity contribution < 1.29 is 33.4 Å². The maximum Gasteiger partial charge on any atom is 0.334 e. The van der Waals surface area contributed by atoms with Crippen molar-refractivity contribution in [1.29, 1.82) is 0 Å². The summed E-state index contributed by atoms with van der Waals surface area (Å²) in [6.07, 6.45) is 0.407. The first-order chi connectivity index (χ1) is 20.0. The van der Waals surface area contributed by atoms with Crippen molar-refractivity contribution in [2.45, 2.75) is 75.2 Å². The average Bonchev–Trinajstić information content (AvgIpc) is 2.97. The molecule has 42 heavy (non-hydrogen) atoms. The Bertz CT molecular complexity index is 1300. The number of aldehydes is 1. The van der Waals surface area contributed by atoms with E-state index in [-0.39, 0.29) is 24.3 Å². The minimum absolute atomic E-state index is 0.0500. The van der Waals surface area contributed by atoms with Gasteiger partial charge in [0.15, 0.2) is 12.1 Å². The van der Waals surface area contributed by atoms with Gasteiger partial charge in [-0.25, -0.2) is 4.79 Å². The van der Waals surface area contributed by atoms with Crippen molar-refractivity contribution in [2.75, 3.05) is 0 Å². The normalized spacial score (nSPS) is 20.5. The molecule has 0 aliphatic carbocycles. The Kier molecular flexibility index (Phi) is 9.85. The molecule has 0 bridgehead atoms. The number of esters is 2. The number of fused-ring (bicyclic) bond motifs is 1. The second-order valence-corrected chi connectivity index (χ2v) is 12.1. The molecule has 0 aromatic heterocycles. The van der Waals surface area contributed by atoms with Gasteiger partial charge in [-0.15, -0.1) is 11.8 Å². The van der Waals surface area contributed by atoms with E-state index in [0.717, 1.165) is 11.1 Å². The zero-order valence-electron chi connectivity index (χ0n) is 23.7. The van der Waals surface area contributed by atoms with Gasteiger partial charge in [0, 0.05) is 12.0 Å². The predicted octanol–water partition coefficient (Wildman–Crippen LogP) is 3.01. The molecule has 4 atom stereocenters. The highest BCUT2D eigenvalue weighted by Crippen LogP contribution is 2.40. The molecule has 0 saturated carbocycles. The Hall–Kier alpha value is -3.96. The van der Waals surface area contributed by atoms with Crippen LogP contribution in [-0.2, 0) is 33.4 Å². The van der Waals surface area contributed by atoms with E-state index in [1.165, 1.54) is 22.1 Å².